The third-order valence-corrected chi connectivity index (χ3v) is 3.16. The second-order valence-electron chi connectivity index (χ2n) is 3.85. The van der Waals surface area contributed by atoms with E-state index in [9.17, 15) is 0 Å². The van der Waals surface area contributed by atoms with Gasteiger partial charge in [-0.1, -0.05) is 0 Å². The van der Waals surface area contributed by atoms with E-state index < -0.39 is 0 Å². The number of halogens is 1. The lowest BCUT2D eigenvalue weighted by Gasteiger charge is -2.35. The van der Waals surface area contributed by atoms with Gasteiger partial charge in [-0.05, 0) is 53.9 Å². The molecule has 1 aliphatic heterocycles. The smallest absolute Gasteiger partial charge is 0.119 e. The normalized spacial score (nSPS) is 17.9. The van der Waals surface area contributed by atoms with Gasteiger partial charge in [-0.15, -0.1) is 0 Å². The second-order valence-corrected chi connectivity index (χ2v) is 5.10. The first-order valence-electron chi connectivity index (χ1n) is 4.81. The fourth-order valence-corrected chi connectivity index (χ4v) is 2.04. The zero-order chi connectivity index (χ0) is 9.97. The van der Waals surface area contributed by atoms with Gasteiger partial charge in [-0.2, -0.15) is 0 Å². The maximum absolute atomic E-state index is 5.68. The van der Waals surface area contributed by atoms with Crippen molar-refractivity contribution < 1.29 is 4.74 Å². The Kier molecular flexibility index (Phi) is 3.28. The number of hydrogen-bond donors (Lipinski definition) is 0. The summed E-state index contributed by atoms with van der Waals surface area (Å²) in [6.07, 6.45) is 0. The quantitative estimate of drug-likeness (QED) is 0.794. The van der Waals surface area contributed by atoms with Gasteiger partial charge in [0.05, 0.1) is 6.61 Å². The second kappa shape index (κ2) is 4.49. The van der Waals surface area contributed by atoms with Crippen LogP contribution in [0.3, 0.4) is 0 Å². The average Bonchev–Trinajstić information content (AvgIpc) is 2.13. The van der Waals surface area contributed by atoms with Gasteiger partial charge in [-0.3, -0.25) is 0 Å². The molecule has 0 bridgehead atoms. The van der Waals surface area contributed by atoms with Crippen LogP contribution < -0.4 is 4.74 Å². The van der Waals surface area contributed by atoms with Gasteiger partial charge in [0.2, 0.25) is 0 Å². The van der Waals surface area contributed by atoms with Gasteiger partial charge in [0, 0.05) is 22.6 Å². The lowest BCUT2D eigenvalue weighted by atomic mass is 10.0. The van der Waals surface area contributed by atoms with E-state index in [4.69, 9.17) is 4.74 Å². The van der Waals surface area contributed by atoms with Crippen molar-refractivity contribution in [3.8, 4) is 5.75 Å². The molecule has 3 heteroatoms. The molecule has 1 aromatic rings. The molecule has 1 saturated heterocycles. The summed E-state index contributed by atoms with van der Waals surface area (Å²) in [6, 6.07) is 8.21. The Morgan fingerprint density at radius 1 is 1.36 bits per heavy atom. The number of likely N-dealkylation sites (tertiary alicyclic amines) is 1. The molecule has 0 unspecified atom stereocenters. The highest BCUT2D eigenvalue weighted by molar-refractivity contribution is 14.1. The van der Waals surface area contributed by atoms with E-state index in [1.165, 1.54) is 16.7 Å². The minimum absolute atomic E-state index is 0.722. The predicted octanol–water partition coefficient (Wildman–Crippen LogP) is 2.23. The maximum atomic E-state index is 5.68. The van der Waals surface area contributed by atoms with E-state index in [0.717, 1.165) is 18.3 Å². The summed E-state index contributed by atoms with van der Waals surface area (Å²) in [5.74, 6) is 1.71. The van der Waals surface area contributed by atoms with Crippen LogP contribution in [0.5, 0.6) is 5.75 Å². The first-order chi connectivity index (χ1) is 6.74. The van der Waals surface area contributed by atoms with Crippen molar-refractivity contribution in [3.05, 3.63) is 27.8 Å². The van der Waals surface area contributed by atoms with Crippen LogP contribution in [-0.4, -0.2) is 31.6 Å². The Morgan fingerprint density at radius 2 is 2.00 bits per heavy atom. The van der Waals surface area contributed by atoms with Crippen LogP contribution >= 0.6 is 22.6 Å². The summed E-state index contributed by atoms with van der Waals surface area (Å²) in [6.45, 7) is 3.19. The van der Waals surface area contributed by atoms with E-state index in [1.54, 1.807) is 0 Å². The summed E-state index contributed by atoms with van der Waals surface area (Å²) in [7, 11) is 2.14. The molecular weight excluding hydrogens is 289 g/mol. The highest BCUT2D eigenvalue weighted by Crippen LogP contribution is 2.17. The van der Waals surface area contributed by atoms with Crippen LogP contribution in [0.15, 0.2) is 24.3 Å². The van der Waals surface area contributed by atoms with E-state index in [1.807, 2.05) is 12.1 Å². The monoisotopic (exact) mass is 303 g/mol. The Bertz CT molecular complexity index is 293. The highest BCUT2D eigenvalue weighted by atomic mass is 127. The van der Waals surface area contributed by atoms with Gasteiger partial charge in [0.25, 0.3) is 0 Å². The molecule has 14 heavy (non-hydrogen) atoms. The van der Waals surface area contributed by atoms with Crippen molar-refractivity contribution >= 4 is 22.6 Å². The third-order valence-electron chi connectivity index (χ3n) is 2.44. The number of ether oxygens (including phenoxy) is 1. The van der Waals surface area contributed by atoms with Crippen molar-refractivity contribution in [2.75, 3.05) is 26.7 Å². The predicted molar refractivity (Wildman–Crippen MR) is 65.6 cm³/mol. The molecular formula is C11H14INO. The molecule has 0 atom stereocenters. The minimum atomic E-state index is 0.722. The molecule has 1 fully saturated rings. The number of rotatable bonds is 3. The van der Waals surface area contributed by atoms with E-state index in [2.05, 4.69) is 46.7 Å². The Morgan fingerprint density at radius 3 is 2.57 bits per heavy atom. The van der Waals surface area contributed by atoms with Crippen LogP contribution in [0.4, 0.5) is 0 Å². The summed E-state index contributed by atoms with van der Waals surface area (Å²) in [4.78, 5) is 2.31. The lowest BCUT2D eigenvalue weighted by molar-refractivity contribution is 0.0857. The Hall–Kier alpha value is -0.290. The molecule has 1 aliphatic rings. The molecule has 0 saturated carbocycles. The molecule has 1 heterocycles. The largest absolute Gasteiger partial charge is 0.493 e. The fraction of sp³-hybridized carbons (Fsp3) is 0.455. The van der Waals surface area contributed by atoms with E-state index >= 15 is 0 Å². The summed E-state index contributed by atoms with van der Waals surface area (Å²) >= 11 is 2.30. The van der Waals surface area contributed by atoms with Crippen molar-refractivity contribution in [1.29, 1.82) is 0 Å². The van der Waals surface area contributed by atoms with E-state index in [0.29, 0.717) is 0 Å². The number of hydrogen-bond acceptors (Lipinski definition) is 2. The number of nitrogens with zero attached hydrogens (tertiary/aromatic N) is 1. The maximum Gasteiger partial charge on any atom is 0.119 e. The molecule has 0 spiro atoms. The van der Waals surface area contributed by atoms with Crippen molar-refractivity contribution in [1.82, 2.24) is 4.90 Å². The standard InChI is InChI=1S/C11H14INO/c1-13-6-9(7-13)8-14-11-4-2-10(12)3-5-11/h2-5,9H,6-8H2,1H3. The highest BCUT2D eigenvalue weighted by Gasteiger charge is 2.23. The van der Waals surface area contributed by atoms with Crippen molar-refractivity contribution in [2.24, 2.45) is 5.92 Å². The van der Waals surface area contributed by atoms with Crippen LogP contribution in [0.25, 0.3) is 0 Å². The van der Waals surface area contributed by atoms with Gasteiger partial charge in [0.15, 0.2) is 0 Å². The number of benzene rings is 1. The van der Waals surface area contributed by atoms with Gasteiger partial charge < -0.3 is 9.64 Å². The molecule has 0 aromatic heterocycles. The van der Waals surface area contributed by atoms with E-state index in [-0.39, 0.29) is 0 Å². The van der Waals surface area contributed by atoms with Gasteiger partial charge >= 0.3 is 0 Å². The first kappa shape index (κ1) is 10.2. The zero-order valence-electron chi connectivity index (χ0n) is 8.24. The molecule has 0 aliphatic carbocycles. The fourth-order valence-electron chi connectivity index (χ4n) is 1.68. The molecule has 2 rings (SSSR count). The Balaban J connectivity index is 1.78. The van der Waals surface area contributed by atoms with Gasteiger partial charge in [0.1, 0.15) is 5.75 Å². The minimum Gasteiger partial charge on any atom is -0.493 e. The lowest BCUT2D eigenvalue weighted by Crippen LogP contribution is -2.46. The molecule has 0 N–H and O–H groups in total. The van der Waals surface area contributed by atoms with Crippen molar-refractivity contribution in [3.63, 3.8) is 0 Å². The van der Waals surface area contributed by atoms with Crippen molar-refractivity contribution in [2.45, 2.75) is 0 Å². The SMILES string of the molecule is CN1CC(COc2ccc(I)cc2)C1. The summed E-state index contributed by atoms with van der Waals surface area (Å²) in [5, 5.41) is 0. The third kappa shape index (κ3) is 2.60. The van der Waals surface area contributed by atoms with Crippen LogP contribution in [-0.2, 0) is 0 Å². The van der Waals surface area contributed by atoms with Crippen LogP contribution in [0, 0.1) is 9.49 Å². The Labute approximate surface area is 98.4 Å². The van der Waals surface area contributed by atoms with Gasteiger partial charge in [-0.25, -0.2) is 0 Å². The zero-order valence-corrected chi connectivity index (χ0v) is 10.4. The van der Waals surface area contributed by atoms with Crippen LogP contribution in [0.2, 0.25) is 0 Å². The molecule has 0 amide bonds. The topological polar surface area (TPSA) is 12.5 Å². The molecule has 2 nitrogen and oxygen atoms in total. The average molecular weight is 303 g/mol. The summed E-state index contributed by atoms with van der Waals surface area (Å²) in [5.41, 5.74) is 0. The molecule has 1 aromatic carbocycles. The molecule has 0 radical (unpaired) electrons. The first-order valence-corrected chi connectivity index (χ1v) is 5.89. The summed E-state index contributed by atoms with van der Waals surface area (Å²) < 4.78 is 6.93. The molecule has 76 valence electrons. The van der Waals surface area contributed by atoms with Crippen LogP contribution in [0.1, 0.15) is 0 Å².